The number of benzene rings is 2. The second-order valence-electron chi connectivity index (χ2n) is 6.65. The first-order valence-electron chi connectivity index (χ1n) is 8.57. The minimum Gasteiger partial charge on any atom is -0.489 e. The lowest BCUT2D eigenvalue weighted by molar-refractivity contribution is 0.200. The van der Waals surface area contributed by atoms with Gasteiger partial charge in [-0.05, 0) is 85.7 Å². The molecule has 1 aliphatic carbocycles. The van der Waals surface area contributed by atoms with Crippen LogP contribution in [0.25, 0.3) is 0 Å². The lowest BCUT2D eigenvalue weighted by Crippen LogP contribution is -2.04. The zero-order valence-electron chi connectivity index (χ0n) is 15.2. The van der Waals surface area contributed by atoms with E-state index in [9.17, 15) is 4.79 Å². The molecule has 1 fully saturated rings. The highest BCUT2D eigenvalue weighted by Crippen LogP contribution is 2.44. The summed E-state index contributed by atoms with van der Waals surface area (Å²) in [7, 11) is 1.41. The number of carbonyl (C=O) groups is 1. The van der Waals surface area contributed by atoms with Crippen molar-refractivity contribution in [1.29, 1.82) is 0 Å². The Kier molecular flexibility index (Phi) is 5.38. The first-order chi connectivity index (χ1) is 12.0. The van der Waals surface area contributed by atoms with Gasteiger partial charge in [0.05, 0.1) is 7.11 Å². The van der Waals surface area contributed by atoms with Gasteiger partial charge in [0.15, 0.2) is 0 Å². The third-order valence-electron chi connectivity index (χ3n) is 4.71. The molecule has 0 aliphatic heterocycles. The van der Waals surface area contributed by atoms with Gasteiger partial charge in [-0.1, -0.05) is 18.2 Å². The van der Waals surface area contributed by atoms with Crippen molar-refractivity contribution < 1.29 is 14.3 Å². The fourth-order valence-corrected chi connectivity index (χ4v) is 3.69. The molecular formula is C21H24O3S. The van der Waals surface area contributed by atoms with Crippen molar-refractivity contribution in [1.82, 2.24) is 0 Å². The highest BCUT2D eigenvalue weighted by atomic mass is 32.2. The number of methoxy groups -OCH3 is 1. The molecule has 0 atom stereocenters. The number of hydrogen-bond acceptors (Lipinski definition) is 4. The average molecular weight is 356 g/mol. The van der Waals surface area contributed by atoms with Gasteiger partial charge in [0.2, 0.25) is 0 Å². The van der Waals surface area contributed by atoms with Gasteiger partial charge in [-0.3, -0.25) is 0 Å². The van der Waals surface area contributed by atoms with E-state index in [1.165, 1.54) is 36.6 Å². The predicted octanol–water partition coefficient (Wildman–Crippen LogP) is 5.93. The molecule has 25 heavy (non-hydrogen) atoms. The van der Waals surface area contributed by atoms with Gasteiger partial charge in [-0.15, -0.1) is 0 Å². The van der Waals surface area contributed by atoms with Crippen LogP contribution in [0.3, 0.4) is 0 Å². The highest BCUT2D eigenvalue weighted by Gasteiger charge is 2.28. The van der Waals surface area contributed by atoms with Gasteiger partial charge in [-0.2, -0.15) is 0 Å². The third kappa shape index (κ3) is 4.18. The minimum atomic E-state index is -0.295. The van der Waals surface area contributed by atoms with Gasteiger partial charge in [0, 0.05) is 10.5 Å². The second-order valence-corrected chi connectivity index (χ2v) is 7.62. The average Bonchev–Trinajstić information content (AvgIpc) is 3.42. The van der Waals surface area contributed by atoms with E-state index in [2.05, 4.69) is 39.0 Å². The number of carbonyl (C=O) groups excluding carboxylic acids is 1. The molecule has 4 heteroatoms. The Morgan fingerprint density at radius 1 is 1.12 bits per heavy atom. The van der Waals surface area contributed by atoms with Gasteiger partial charge in [0.1, 0.15) is 12.4 Å². The third-order valence-corrected chi connectivity index (χ3v) is 5.65. The van der Waals surface area contributed by atoms with Crippen molar-refractivity contribution >= 4 is 17.1 Å². The van der Waals surface area contributed by atoms with Gasteiger partial charge < -0.3 is 9.47 Å². The van der Waals surface area contributed by atoms with E-state index in [0.717, 1.165) is 33.5 Å². The molecule has 3 rings (SSSR count). The van der Waals surface area contributed by atoms with Gasteiger partial charge >= 0.3 is 5.30 Å². The number of hydrogen-bond donors (Lipinski definition) is 0. The quantitative estimate of drug-likeness (QED) is 0.491. The molecule has 132 valence electrons. The van der Waals surface area contributed by atoms with Crippen LogP contribution in [-0.4, -0.2) is 12.4 Å². The molecule has 0 N–H and O–H groups in total. The van der Waals surface area contributed by atoms with Crippen molar-refractivity contribution in [2.24, 2.45) is 0 Å². The van der Waals surface area contributed by atoms with Crippen molar-refractivity contribution in [3.05, 3.63) is 58.1 Å². The van der Waals surface area contributed by atoms with Crippen molar-refractivity contribution in [2.45, 2.75) is 51.0 Å². The molecule has 1 aliphatic rings. The summed E-state index contributed by atoms with van der Waals surface area (Å²) in [5.74, 6) is 1.50. The summed E-state index contributed by atoms with van der Waals surface area (Å²) in [6.45, 7) is 6.74. The maximum absolute atomic E-state index is 11.7. The fourth-order valence-electron chi connectivity index (χ4n) is 2.98. The van der Waals surface area contributed by atoms with Gasteiger partial charge in [-0.25, -0.2) is 4.79 Å². The Morgan fingerprint density at radius 3 is 2.52 bits per heavy atom. The van der Waals surface area contributed by atoms with Gasteiger partial charge in [0.25, 0.3) is 0 Å². The van der Waals surface area contributed by atoms with Crippen LogP contribution >= 0.6 is 11.8 Å². The Hall–Kier alpha value is -1.94. The molecule has 0 spiro atoms. The predicted molar refractivity (Wildman–Crippen MR) is 102 cm³/mol. The molecule has 0 unspecified atom stereocenters. The van der Waals surface area contributed by atoms with E-state index < -0.39 is 0 Å². The molecule has 0 saturated heterocycles. The molecule has 0 radical (unpaired) electrons. The number of aryl methyl sites for hydroxylation is 3. The molecule has 0 heterocycles. The number of ether oxygens (including phenoxy) is 2. The van der Waals surface area contributed by atoms with Crippen LogP contribution in [0, 0.1) is 20.8 Å². The number of rotatable bonds is 5. The zero-order chi connectivity index (χ0) is 18.0. The zero-order valence-corrected chi connectivity index (χ0v) is 16.0. The number of thioether (sulfide) groups is 1. The molecular weight excluding hydrogens is 332 g/mol. The summed E-state index contributed by atoms with van der Waals surface area (Å²) >= 11 is 1.13. The van der Waals surface area contributed by atoms with E-state index in [1.54, 1.807) is 0 Å². The lowest BCUT2D eigenvalue weighted by atomic mass is 10.0. The van der Waals surface area contributed by atoms with Crippen LogP contribution in [0.5, 0.6) is 5.75 Å². The van der Waals surface area contributed by atoms with Crippen LogP contribution in [0.1, 0.15) is 46.6 Å². The van der Waals surface area contributed by atoms with Crippen molar-refractivity contribution in [3.63, 3.8) is 0 Å². The van der Waals surface area contributed by atoms with Crippen LogP contribution < -0.4 is 4.74 Å². The van der Waals surface area contributed by atoms with Crippen LogP contribution in [-0.2, 0) is 11.3 Å². The van der Waals surface area contributed by atoms with E-state index in [-0.39, 0.29) is 5.30 Å². The first-order valence-corrected chi connectivity index (χ1v) is 9.39. The maximum atomic E-state index is 11.7. The van der Waals surface area contributed by atoms with E-state index in [1.807, 2.05) is 12.1 Å². The Bertz CT molecular complexity index is 794. The SMILES string of the molecule is COC(=O)Sc1cccc(C2CC2)c1COc1cc(C)c(C)cc1C. The molecule has 3 nitrogen and oxygen atoms in total. The maximum Gasteiger partial charge on any atom is 0.371 e. The second kappa shape index (κ2) is 7.52. The molecule has 2 aromatic rings. The summed E-state index contributed by atoms with van der Waals surface area (Å²) in [6.07, 6.45) is 2.42. The van der Waals surface area contributed by atoms with E-state index in [0.29, 0.717) is 12.5 Å². The fraction of sp³-hybridized carbons (Fsp3) is 0.381. The summed E-state index contributed by atoms with van der Waals surface area (Å²) in [4.78, 5) is 12.7. The molecule has 0 aromatic heterocycles. The van der Waals surface area contributed by atoms with E-state index >= 15 is 0 Å². The normalized spacial score (nSPS) is 13.6. The van der Waals surface area contributed by atoms with Crippen LogP contribution in [0.4, 0.5) is 4.79 Å². The van der Waals surface area contributed by atoms with Crippen molar-refractivity contribution in [2.75, 3.05) is 7.11 Å². The van der Waals surface area contributed by atoms with Crippen LogP contribution in [0.2, 0.25) is 0 Å². The Balaban J connectivity index is 1.88. The summed E-state index contributed by atoms with van der Waals surface area (Å²) in [5, 5.41) is -0.295. The monoisotopic (exact) mass is 356 g/mol. The Morgan fingerprint density at radius 2 is 1.84 bits per heavy atom. The molecule has 1 saturated carbocycles. The largest absolute Gasteiger partial charge is 0.489 e. The summed E-state index contributed by atoms with van der Waals surface area (Å²) in [5.41, 5.74) is 6.04. The molecule has 2 aromatic carbocycles. The summed E-state index contributed by atoms with van der Waals surface area (Å²) in [6, 6.07) is 10.4. The first kappa shape index (κ1) is 17.9. The van der Waals surface area contributed by atoms with E-state index in [4.69, 9.17) is 9.47 Å². The Labute approximate surface area is 153 Å². The van der Waals surface area contributed by atoms with Crippen LogP contribution in [0.15, 0.2) is 35.2 Å². The minimum absolute atomic E-state index is 0.295. The smallest absolute Gasteiger partial charge is 0.371 e. The summed E-state index contributed by atoms with van der Waals surface area (Å²) < 4.78 is 11.0. The molecule has 0 bridgehead atoms. The molecule has 0 amide bonds. The topological polar surface area (TPSA) is 35.5 Å². The highest BCUT2D eigenvalue weighted by molar-refractivity contribution is 8.13. The van der Waals surface area contributed by atoms with Crippen molar-refractivity contribution in [3.8, 4) is 5.75 Å². The standard InChI is InChI=1S/C21H24O3S/c1-13-10-15(3)19(11-14(13)2)24-12-18-17(16-8-9-16)6-5-7-20(18)25-21(22)23-4/h5-7,10-11,16H,8-9,12H2,1-4H3. The lowest BCUT2D eigenvalue weighted by Gasteiger charge is -2.16.